The summed E-state index contributed by atoms with van der Waals surface area (Å²) in [4.78, 5) is 10.4. The lowest BCUT2D eigenvalue weighted by molar-refractivity contribution is -0.119. The lowest BCUT2D eigenvalue weighted by Gasteiger charge is -2.04. The van der Waals surface area contributed by atoms with Crippen molar-refractivity contribution in [2.45, 2.75) is 6.92 Å². The first-order chi connectivity index (χ1) is 5.77. The Balaban J connectivity index is 2.86. The average Bonchev–Trinajstić information content (AvgIpc) is 2.02. The predicted octanol–water partition coefficient (Wildman–Crippen LogP) is -0.0102. The van der Waals surface area contributed by atoms with E-state index in [0.717, 1.165) is 0 Å². The van der Waals surface area contributed by atoms with E-state index >= 15 is 0 Å². The van der Waals surface area contributed by atoms with E-state index in [4.69, 9.17) is 9.47 Å². The van der Waals surface area contributed by atoms with Crippen molar-refractivity contribution in [1.29, 1.82) is 0 Å². The molecule has 1 radical (unpaired) electrons. The third kappa shape index (κ3) is 9.39. The number of rotatable bonds is 7. The van der Waals surface area contributed by atoms with E-state index in [0.29, 0.717) is 33.0 Å². The molecular weight excluding hydrogens is 158 g/mol. The molecule has 0 spiro atoms. The van der Waals surface area contributed by atoms with Gasteiger partial charge in [0.05, 0.1) is 19.8 Å². The maximum Gasteiger partial charge on any atom is 0.216 e. The summed E-state index contributed by atoms with van der Waals surface area (Å²) in [5, 5.41) is 2.62. The molecule has 0 bridgehead atoms. The first-order valence-electron chi connectivity index (χ1n) is 3.96. The van der Waals surface area contributed by atoms with Gasteiger partial charge in [-0.15, -0.1) is 0 Å². The van der Waals surface area contributed by atoms with Gasteiger partial charge >= 0.3 is 0 Å². The standard InChI is InChI=1S/C8H16NO3/c1-3-11-6-7-12-5-4-9-8(2)10/h1,3-7H2,2H3,(H,9,10). The van der Waals surface area contributed by atoms with Crippen LogP contribution in [0.3, 0.4) is 0 Å². The Hall–Kier alpha value is -0.610. The molecule has 71 valence electrons. The fourth-order valence-corrected chi connectivity index (χ4v) is 0.621. The highest BCUT2D eigenvalue weighted by atomic mass is 16.5. The summed E-state index contributed by atoms with van der Waals surface area (Å²) in [5.74, 6) is -0.0346. The van der Waals surface area contributed by atoms with Crippen LogP contribution >= 0.6 is 0 Å². The van der Waals surface area contributed by atoms with Crippen molar-refractivity contribution in [1.82, 2.24) is 5.32 Å². The summed E-state index contributed by atoms with van der Waals surface area (Å²) in [6.45, 7) is 7.65. The van der Waals surface area contributed by atoms with E-state index in [1.54, 1.807) is 0 Å². The van der Waals surface area contributed by atoms with E-state index in [1.807, 2.05) is 0 Å². The lowest BCUT2D eigenvalue weighted by Crippen LogP contribution is -2.24. The van der Waals surface area contributed by atoms with Crippen LogP contribution in [0, 0.1) is 6.92 Å². The van der Waals surface area contributed by atoms with Crippen molar-refractivity contribution in [3.8, 4) is 0 Å². The molecule has 0 fully saturated rings. The van der Waals surface area contributed by atoms with Crippen LogP contribution < -0.4 is 5.32 Å². The van der Waals surface area contributed by atoms with Crippen molar-refractivity contribution < 1.29 is 14.3 Å². The van der Waals surface area contributed by atoms with Crippen LogP contribution in [0.15, 0.2) is 0 Å². The second kappa shape index (κ2) is 8.49. The highest BCUT2D eigenvalue weighted by Gasteiger charge is 1.90. The number of ether oxygens (including phenoxy) is 2. The first kappa shape index (κ1) is 11.4. The first-order valence-corrected chi connectivity index (χ1v) is 3.96. The SMILES string of the molecule is [CH2]COCCOCCNC(C)=O. The van der Waals surface area contributed by atoms with Gasteiger partial charge in [0.1, 0.15) is 0 Å². The Morgan fingerprint density at radius 1 is 1.33 bits per heavy atom. The average molecular weight is 174 g/mol. The van der Waals surface area contributed by atoms with E-state index in [1.165, 1.54) is 6.92 Å². The Labute approximate surface area is 73.2 Å². The molecule has 0 saturated carbocycles. The molecular formula is C8H16NO3. The predicted molar refractivity (Wildman–Crippen MR) is 45.7 cm³/mol. The molecule has 0 saturated heterocycles. The summed E-state index contributed by atoms with van der Waals surface area (Å²) in [5.41, 5.74) is 0. The van der Waals surface area contributed by atoms with Gasteiger partial charge in [-0.1, -0.05) is 0 Å². The fraction of sp³-hybridized carbons (Fsp3) is 0.750. The third-order valence-corrected chi connectivity index (χ3v) is 1.14. The zero-order chi connectivity index (χ0) is 9.23. The van der Waals surface area contributed by atoms with Gasteiger partial charge in [-0.05, 0) is 6.92 Å². The Morgan fingerprint density at radius 2 is 2.00 bits per heavy atom. The number of carbonyl (C=O) groups excluding carboxylic acids is 1. The summed E-state index contributed by atoms with van der Waals surface area (Å²) in [7, 11) is 0. The topological polar surface area (TPSA) is 47.6 Å². The van der Waals surface area contributed by atoms with Crippen molar-refractivity contribution >= 4 is 5.91 Å². The van der Waals surface area contributed by atoms with E-state index in [2.05, 4.69) is 12.2 Å². The van der Waals surface area contributed by atoms with Crippen molar-refractivity contribution in [2.75, 3.05) is 33.0 Å². The molecule has 0 aliphatic rings. The van der Waals surface area contributed by atoms with Crippen LogP contribution in [0.4, 0.5) is 0 Å². The van der Waals surface area contributed by atoms with Gasteiger partial charge < -0.3 is 14.8 Å². The van der Waals surface area contributed by atoms with Gasteiger partial charge in [0.15, 0.2) is 0 Å². The van der Waals surface area contributed by atoms with E-state index in [9.17, 15) is 4.79 Å². The molecule has 4 heteroatoms. The molecule has 0 aromatic rings. The summed E-state index contributed by atoms with van der Waals surface area (Å²) in [6, 6.07) is 0. The van der Waals surface area contributed by atoms with Gasteiger partial charge in [-0.25, -0.2) is 0 Å². The molecule has 0 heterocycles. The molecule has 0 aliphatic carbocycles. The highest BCUT2D eigenvalue weighted by molar-refractivity contribution is 5.72. The third-order valence-electron chi connectivity index (χ3n) is 1.14. The minimum absolute atomic E-state index is 0.0346. The van der Waals surface area contributed by atoms with Crippen LogP contribution in [0.2, 0.25) is 0 Å². The molecule has 1 amide bonds. The second-order valence-electron chi connectivity index (χ2n) is 2.21. The van der Waals surface area contributed by atoms with Crippen LogP contribution in [0.25, 0.3) is 0 Å². The van der Waals surface area contributed by atoms with E-state index < -0.39 is 0 Å². The number of hydrogen-bond donors (Lipinski definition) is 1. The van der Waals surface area contributed by atoms with Gasteiger partial charge in [-0.2, -0.15) is 0 Å². The number of carbonyl (C=O) groups is 1. The van der Waals surface area contributed by atoms with Crippen LogP contribution in [-0.4, -0.2) is 38.9 Å². The van der Waals surface area contributed by atoms with E-state index in [-0.39, 0.29) is 5.91 Å². The largest absolute Gasteiger partial charge is 0.379 e. The molecule has 0 aliphatic heterocycles. The molecule has 0 unspecified atom stereocenters. The van der Waals surface area contributed by atoms with Crippen molar-refractivity contribution in [2.24, 2.45) is 0 Å². The molecule has 12 heavy (non-hydrogen) atoms. The molecule has 0 atom stereocenters. The summed E-state index contributed by atoms with van der Waals surface area (Å²) < 4.78 is 10.1. The second-order valence-corrected chi connectivity index (χ2v) is 2.21. The molecule has 0 rings (SSSR count). The maximum absolute atomic E-state index is 10.4. The molecule has 0 aromatic carbocycles. The van der Waals surface area contributed by atoms with Gasteiger partial charge in [-0.3, -0.25) is 4.79 Å². The quantitative estimate of drug-likeness (QED) is 0.552. The minimum atomic E-state index is -0.0346. The number of amides is 1. The van der Waals surface area contributed by atoms with Crippen molar-refractivity contribution in [3.05, 3.63) is 6.92 Å². The van der Waals surface area contributed by atoms with Gasteiger partial charge in [0.2, 0.25) is 5.91 Å². The molecule has 1 N–H and O–H groups in total. The minimum Gasteiger partial charge on any atom is -0.379 e. The highest BCUT2D eigenvalue weighted by Crippen LogP contribution is 1.76. The Morgan fingerprint density at radius 3 is 2.58 bits per heavy atom. The van der Waals surface area contributed by atoms with Crippen LogP contribution in [0.5, 0.6) is 0 Å². The normalized spacial score (nSPS) is 9.83. The maximum atomic E-state index is 10.4. The zero-order valence-electron chi connectivity index (χ0n) is 7.47. The summed E-state index contributed by atoms with van der Waals surface area (Å²) in [6.07, 6.45) is 0. The zero-order valence-corrected chi connectivity index (χ0v) is 7.47. The Kier molecular flexibility index (Phi) is 8.05. The monoisotopic (exact) mass is 174 g/mol. The van der Waals surface area contributed by atoms with Crippen molar-refractivity contribution in [3.63, 3.8) is 0 Å². The van der Waals surface area contributed by atoms with Crippen LogP contribution in [-0.2, 0) is 14.3 Å². The molecule has 0 aromatic heterocycles. The smallest absolute Gasteiger partial charge is 0.216 e. The van der Waals surface area contributed by atoms with Gasteiger partial charge in [0.25, 0.3) is 0 Å². The number of hydrogen-bond acceptors (Lipinski definition) is 3. The fourth-order valence-electron chi connectivity index (χ4n) is 0.621. The van der Waals surface area contributed by atoms with Gasteiger partial charge in [0, 0.05) is 20.1 Å². The van der Waals surface area contributed by atoms with Crippen LogP contribution in [0.1, 0.15) is 6.92 Å². The molecule has 4 nitrogen and oxygen atoms in total. The summed E-state index contributed by atoms with van der Waals surface area (Å²) >= 11 is 0. The number of nitrogens with one attached hydrogen (secondary N) is 1. The lowest BCUT2D eigenvalue weighted by atomic mass is 10.6. The Bertz CT molecular complexity index is 117.